The Labute approximate surface area is 182 Å². The van der Waals surface area contributed by atoms with Crippen molar-refractivity contribution >= 4 is 5.82 Å². The molecule has 31 heavy (non-hydrogen) atoms. The summed E-state index contributed by atoms with van der Waals surface area (Å²) in [6, 6.07) is 9.40. The molecule has 162 valence electrons. The van der Waals surface area contributed by atoms with Gasteiger partial charge >= 0.3 is 0 Å². The first-order valence-electron chi connectivity index (χ1n) is 10.6. The second kappa shape index (κ2) is 9.39. The molecule has 0 bridgehead atoms. The summed E-state index contributed by atoms with van der Waals surface area (Å²) >= 11 is 0. The van der Waals surface area contributed by atoms with Crippen LogP contribution in [0.3, 0.4) is 0 Å². The number of ether oxygens (including phenoxy) is 1. The first kappa shape index (κ1) is 21.2. The molecule has 1 aromatic carbocycles. The van der Waals surface area contributed by atoms with Gasteiger partial charge in [0, 0.05) is 54.9 Å². The zero-order valence-corrected chi connectivity index (χ0v) is 18.2. The highest BCUT2D eigenvalue weighted by atomic mass is 19.1. The van der Waals surface area contributed by atoms with Crippen molar-refractivity contribution in [3.63, 3.8) is 0 Å². The smallest absolute Gasteiger partial charge is 0.165 e. The van der Waals surface area contributed by atoms with Gasteiger partial charge in [0.05, 0.1) is 7.11 Å². The molecule has 3 aromatic rings. The summed E-state index contributed by atoms with van der Waals surface area (Å²) in [4.78, 5) is 16.0. The van der Waals surface area contributed by atoms with E-state index in [-0.39, 0.29) is 11.6 Å². The first-order chi connectivity index (χ1) is 15.0. The zero-order valence-electron chi connectivity index (χ0n) is 18.2. The minimum Gasteiger partial charge on any atom is -0.494 e. The van der Waals surface area contributed by atoms with Crippen molar-refractivity contribution in [1.82, 2.24) is 19.9 Å². The first-order valence-corrected chi connectivity index (χ1v) is 10.6. The molecule has 2 aromatic heterocycles. The van der Waals surface area contributed by atoms with Gasteiger partial charge in [-0.1, -0.05) is 6.07 Å². The molecule has 1 saturated heterocycles. The number of aryl methyl sites for hydroxylation is 1. The Bertz CT molecular complexity index is 1040. The highest BCUT2D eigenvalue weighted by Gasteiger charge is 2.21. The summed E-state index contributed by atoms with van der Waals surface area (Å²) in [5.41, 5.74) is 3.92. The van der Waals surface area contributed by atoms with Gasteiger partial charge in [0.2, 0.25) is 0 Å². The van der Waals surface area contributed by atoms with Crippen molar-refractivity contribution in [2.75, 3.05) is 25.5 Å². The third kappa shape index (κ3) is 4.99. The number of rotatable bonds is 6. The Morgan fingerprint density at radius 3 is 2.65 bits per heavy atom. The maximum Gasteiger partial charge on any atom is 0.165 e. The fourth-order valence-corrected chi connectivity index (χ4v) is 3.89. The number of halogens is 1. The quantitative estimate of drug-likeness (QED) is 0.637. The number of likely N-dealkylation sites (tertiary alicyclic amines) is 1. The SMILES string of the molecule is COc1ccc(CN2CCC(Nc3nc(-c4cccnc4)nc(C)c3C)CC2)cc1F. The Morgan fingerprint density at radius 1 is 1.16 bits per heavy atom. The molecule has 1 N–H and O–H groups in total. The minimum absolute atomic E-state index is 0.285. The number of benzene rings is 1. The van der Waals surface area contributed by atoms with Crippen molar-refractivity contribution in [1.29, 1.82) is 0 Å². The normalized spacial score (nSPS) is 15.1. The predicted octanol–water partition coefficient (Wildman–Crippen LogP) is 4.38. The maximum atomic E-state index is 14.0. The number of hydrogen-bond acceptors (Lipinski definition) is 6. The summed E-state index contributed by atoms with van der Waals surface area (Å²) in [6.07, 6.45) is 5.54. The standard InChI is InChI=1S/C24H28FN5O/c1-16-17(2)27-24(19-5-4-10-26-14-19)29-23(16)28-20-8-11-30(12-9-20)15-18-6-7-22(31-3)21(25)13-18/h4-7,10,13-14,20H,8-9,11-12,15H2,1-3H3,(H,27,28,29). The molecule has 0 aliphatic carbocycles. The van der Waals surface area contributed by atoms with E-state index < -0.39 is 0 Å². The third-order valence-electron chi connectivity index (χ3n) is 5.86. The van der Waals surface area contributed by atoms with Crippen LogP contribution in [0.4, 0.5) is 10.2 Å². The molecule has 0 radical (unpaired) electrons. The van der Waals surface area contributed by atoms with Gasteiger partial charge in [-0.3, -0.25) is 9.88 Å². The van der Waals surface area contributed by atoms with Gasteiger partial charge in [-0.25, -0.2) is 14.4 Å². The topological polar surface area (TPSA) is 63.2 Å². The number of piperidine rings is 1. The number of anilines is 1. The van der Waals surface area contributed by atoms with Crippen LogP contribution in [0, 0.1) is 19.7 Å². The molecule has 0 saturated carbocycles. The Morgan fingerprint density at radius 2 is 1.97 bits per heavy atom. The summed E-state index contributed by atoms with van der Waals surface area (Å²) in [5.74, 6) is 1.56. The van der Waals surface area contributed by atoms with E-state index in [0.29, 0.717) is 11.9 Å². The van der Waals surface area contributed by atoms with Crippen LogP contribution in [-0.4, -0.2) is 46.1 Å². The Kier molecular flexibility index (Phi) is 6.42. The van der Waals surface area contributed by atoms with Crippen LogP contribution in [0.5, 0.6) is 5.75 Å². The molecule has 1 aliphatic heterocycles. The van der Waals surface area contributed by atoms with Gasteiger partial charge in [0.1, 0.15) is 5.82 Å². The number of hydrogen-bond donors (Lipinski definition) is 1. The third-order valence-corrected chi connectivity index (χ3v) is 5.86. The lowest BCUT2D eigenvalue weighted by molar-refractivity contribution is 0.211. The second-order valence-electron chi connectivity index (χ2n) is 8.01. The lowest BCUT2D eigenvalue weighted by Crippen LogP contribution is -2.39. The van der Waals surface area contributed by atoms with Crippen LogP contribution >= 0.6 is 0 Å². The van der Waals surface area contributed by atoms with E-state index in [1.807, 2.05) is 25.1 Å². The average Bonchev–Trinajstić information content (AvgIpc) is 2.79. The zero-order chi connectivity index (χ0) is 21.8. The molecule has 0 spiro atoms. The fraction of sp³-hybridized carbons (Fsp3) is 0.375. The predicted molar refractivity (Wildman–Crippen MR) is 120 cm³/mol. The summed E-state index contributed by atoms with van der Waals surface area (Å²) < 4.78 is 19.0. The summed E-state index contributed by atoms with van der Waals surface area (Å²) in [7, 11) is 1.48. The summed E-state index contributed by atoms with van der Waals surface area (Å²) in [6.45, 7) is 6.70. The molecular weight excluding hydrogens is 393 g/mol. The van der Waals surface area contributed by atoms with E-state index in [1.54, 1.807) is 24.5 Å². The second-order valence-corrected chi connectivity index (χ2v) is 8.01. The van der Waals surface area contributed by atoms with Crippen molar-refractivity contribution < 1.29 is 9.13 Å². The molecule has 0 unspecified atom stereocenters. The largest absolute Gasteiger partial charge is 0.494 e. The Hall–Kier alpha value is -3.06. The van der Waals surface area contributed by atoms with Gasteiger partial charge in [-0.2, -0.15) is 0 Å². The van der Waals surface area contributed by atoms with Crippen molar-refractivity contribution in [3.05, 3.63) is 65.4 Å². The van der Waals surface area contributed by atoms with E-state index in [1.165, 1.54) is 7.11 Å². The number of nitrogens with one attached hydrogen (secondary N) is 1. The molecule has 1 fully saturated rings. The van der Waals surface area contributed by atoms with Gasteiger partial charge in [0.25, 0.3) is 0 Å². The van der Waals surface area contributed by atoms with Crippen LogP contribution in [0.1, 0.15) is 29.7 Å². The lowest BCUT2D eigenvalue weighted by Gasteiger charge is -2.33. The van der Waals surface area contributed by atoms with Crippen molar-refractivity contribution in [3.8, 4) is 17.1 Å². The van der Waals surface area contributed by atoms with E-state index in [4.69, 9.17) is 9.72 Å². The van der Waals surface area contributed by atoms with Crippen molar-refractivity contribution in [2.45, 2.75) is 39.3 Å². The number of methoxy groups -OCH3 is 1. The number of nitrogens with zero attached hydrogens (tertiary/aromatic N) is 4. The molecule has 1 aliphatic rings. The highest BCUT2D eigenvalue weighted by molar-refractivity contribution is 5.58. The molecule has 0 atom stereocenters. The van der Waals surface area contributed by atoms with Crippen LogP contribution in [0.2, 0.25) is 0 Å². The summed E-state index contributed by atoms with van der Waals surface area (Å²) in [5, 5.41) is 3.63. The molecule has 4 rings (SSSR count). The van der Waals surface area contributed by atoms with Crippen LogP contribution in [0.25, 0.3) is 11.4 Å². The van der Waals surface area contributed by atoms with Crippen LogP contribution in [-0.2, 0) is 6.54 Å². The van der Waals surface area contributed by atoms with Gasteiger partial charge in [-0.05, 0) is 56.5 Å². The van der Waals surface area contributed by atoms with Crippen LogP contribution < -0.4 is 10.1 Å². The monoisotopic (exact) mass is 421 g/mol. The van der Waals surface area contributed by atoms with E-state index >= 15 is 0 Å². The van der Waals surface area contributed by atoms with E-state index in [0.717, 1.165) is 60.7 Å². The lowest BCUT2D eigenvalue weighted by atomic mass is 10.0. The van der Waals surface area contributed by atoms with Crippen LogP contribution in [0.15, 0.2) is 42.7 Å². The molecular formula is C24H28FN5O. The van der Waals surface area contributed by atoms with E-state index in [9.17, 15) is 4.39 Å². The molecule has 7 heteroatoms. The van der Waals surface area contributed by atoms with Gasteiger partial charge < -0.3 is 10.1 Å². The number of pyridine rings is 1. The van der Waals surface area contributed by atoms with Gasteiger partial charge in [-0.15, -0.1) is 0 Å². The minimum atomic E-state index is -0.310. The van der Waals surface area contributed by atoms with Crippen molar-refractivity contribution in [2.24, 2.45) is 0 Å². The molecule has 6 nitrogen and oxygen atoms in total. The highest BCUT2D eigenvalue weighted by Crippen LogP contribution is 2.25. The van der Waals surface area contributed by atoms with Gasteiger partial charge in [0.15, 0.2) is 17.4 Å². The number of aromatic nitrogens is 3. The average molecular weight is 422 g/mol. The molecule has 3 heterocycles. The fourth-order valence-electron chi connectivity index (χ4n) is 3.89. The maximum absolute atomic E-state index is 14.0. The Balaban J connectivity index is 1.39. The molecule has 0 amide bonds. The van der Waals surface area contributed by atoms with E-state index in [2.05, 4.69) is 27.1 Å².